The van der Waals surface area contributed by atoms with Crippen LogP contribution in [-0.4, -0.2) is 8.07 Å². The molecule has 0 radical (unpaired) electrons. The predicted molar refractivity (Wildman–Crippen MR) is 131 cm³/mol. The van der Waals surface area contributed by atoms with Crippen LogP contribution in [0.3, 0.4) is 0 Å². The number of hydrogen-bond donors (Lipinski definition) is 0. The summed E-state index contributed by atoms with van der Waals surface area (Å²) in [6.45, 7) is 18.8. The van der Waals surface area contributed by atoms with Crippen LogP contribution in [0.15, 0.2) is 0 Å². The van der Waals surface area contributed by atoms with Crippen molar-refractivity contribution < 1.29 is 0 Å². The van der Waals surface area contributed by atoms with Gasteiger partial charge in [-0.2, -0.15) is 0 Å². The van der Waals surface area contributed by atoms with Crippen LogP contribution in [0, 0.1) is 53.3 Å². The van der Waals surface area contributed by atoms with E-state index in [-0.39, 0.29) is 0 Å². The molecule has 4 saturated carbocycles. The van der Waals surface area contributed by atoms with Crippen molar-refractivity contribution in [2.75, 3.05) is 0 Å². The molecule has 4 aliphatic rings. The van der Waals surface area contributed by atoms with Crippen LogP contribution in [0.2, 0.25) is 24.2 Å². The molecule has 4 aliphatic carbocycles. The van der Waals surface area contributed by atoms with Crippen LogP contribution in [0.4, 0.5) is 0 Å². The molecule has 4 fully saturated rings. The Morgan fingerprint density at radius 3 is 1.76 bits per heavy atom. The van der Waals surface area contributed by atoms with E-state index in [1.165, 1.54) is 32.1 Å². The van der Waals surface area contributed by atoms with Gasteiger partial charge in [-0.3, -0.25) is 0 Å². The largest absolute Gasteiger partial charge is 0.0689 e. The van der Waals surface area contributed by atoms with E-state index in [2.05, 4.69) is 47.7 Å². The molecule has 0 heterocycles. The highest BCUT2D eigenvalue weighted by molar-refractivity contribution is 6.80. The molecule has 4 rings (SSSR count). The van der Waals surface area contributed by atoms with Gasteiger partial charge >= 0.3 is 0 Å². The van der Waals surface area contributed by atoms with Crippen molar-refractivity contribution in [3.05, 3.63) is 0 Å². The Kier molecular flexibility index (Phi) is 6.67. The number of fused-ring (bicyclic) bond motifs is 1. The first kappa shape index (κ1) is 22.4. The molecule has 0 bridgehead atoms. The average molecular weight is 417 g/mol. The third kappa shape index (κ3) is 3.82. The minimum Gasteiger partial charge on any atom is -0.0689 e. The van der Waals surface area contributed by atoms with Gasteiger partial charge < -0.3 is 0 Å². The van der Waals surface area contributed by atoms with Crippen LogP contribution < -0.4 is 0 Å². The summed E-state index contributed by atoms with van der Waals surface area (Å²) in [6.07, 6.45) is 15.5. The lowest BCUT2D eigenvalue weighted by atomic mass is 9.68. The topological polar surface area (TPSA) is 0 Å². The lowest BCUT2D eigenvalue weighted by molar-refractivity contribution is 0.127. The van der Waals surface area contributed by atoms with E-state index in [9.17, 15) is 0 Å². The third-order valence-corrected chi connectivity index (χ3v) is 17.3. The van der Waals surface area contributed by atoms with Gasteiger partial charge in [-0.25, -0.2) is 0 Å². The quantitative estimate of drug-likeness (QED) is 0.401. The van der Waals surface area contributed by atoms with Crippen molar-refractivity contribution in [1.82, 2.24) is 0 Å². The molecule has 0 amide bonds. The van der Waals surface area contributed by atoms with E-state index >= 15 is 0 Å². The SMILES string of the molecule is CC1C(C)C(C)C([Si](C)(C)C2CC(C(C)C3CCCCC3)C3CCCCC32)C1C. The van der Waals surface area contributed by atoms with Crippen molar-refractivity contribution in [3.8, 4) is 0 Å². The summed E-state index contributed by atoms with van der Waals surface area (Å²) in [6, 6.07) is 0. The molecule has 0 spiro atoms. The van der Waals surface area contributed by atoms with Crippen molar-refractivity contribution in [2.45, 2.75) is 123 Å². The van der Waals surface area contributed by atoms with Gasteiger partial charge in [0.2, 0.25) is 0 Å². The van der Waals surface area contributed by atoms with Gasteiger partial charge in [-0.15, -0.1) is 0 Å². The first-order chi connectivity index (χ1) is 13.7. The fraction of sp³-hybridized carbons (Fsp3) is 1.00. The van der Waals surface area contributed by atoms with Gasteiger partial charge in [-0.05, 0) is 77.2 Å². The van der Waals surface area contributed by atoms with Gasteiger partial charge in [0.15, 0.2) is 0 Å². The Hall–Kier alpha value is 0.217. The lowest BCUT2D eigenvalue weighted by Gasteiger charge is -2.45. The zero-order chi connectivity index (χ0) is 20.9. The second-order valence-corrected chi connectivity index (χ2v) is 18.2. The van der Waals surface area contributed by atoms with E-state index < -0.39 is 8.07 Å². The molecular weight excluding hydrogens is 364 g/mol. The van der Waals surface area contributed by atoms with E-state index in [1.807, 2.05) is 0 Å². The molecule has 0 saturated heterocycles. The first-order valence-corrected chi connectivity index (χ1v) is 16.9. The summed E-state index contributed by atoms with van der Waals surface area (Å²) >= 11 is 0. The van der Waals surface area contributed by atoms with Gasteiger partial charge in [0, 0.05) is 0 Å². The Morgan fingerprint density at radius 1 is 0.655 bits per heavy atom. The Labute approximate surface area is 184 Å². The molecule has 29 heavy (non-hydrogen) atoms. The smallest absolute Gasteiger partial charge is 0.0544 e. The van der Waals surface area contributed by atoms with Crippen LogP contribution >= 0.6 is 0 Å². The van der Waals surface area contributed by atoms with Crippen LogP contribution in [-0.2, 0) is 0 Å². The second-order valence-electron chi connectivity index (χ2n) is 13.2. The predicted octanol–water partition coefficient (Wildman–Crippen LogP) is 9.04. The van der Waals surface area contributed by atoms with Crippen LogP contribution in [0.5, 0.6) is 0 Å². The molecule has 168 valence electrons. The maximum absolute atomic E-state index is 2.86. The van der Waals surface area contributed by atoms with Crippen molar-refractivity contribution in [2.24, 2.45) is 53.3 Å². The zero-order valence-electron chi connectivity index (χ0n) is 20.9. The minimum absolute atomic E-state index is 0.933. The van der Waals surface area contributed by atoms with Crippen molar-refractivity contribution in [3.63, 3.8) is 0 Å². The Balaban J connectivity index is 1.58. The van der Waals surface area contributed by atoms with Gasteiger partial charge in [0.1, 0.15) is 0 Å². The monoisotopic (exact) mass is 416 g/mol. The minimum atomic E-state index is -1.29. The van der Waals surface area contributed by atoms with E-state index in [0.29, 0.717) is 0 Å². The summed E-state index contributed by atoms with van der Waals surface area (Å²) in [4.78, 5) is 0. The molecule has 9 atom stereocenters. The molecule has 0 aromatic heterocycles. The Bertz CT molecular complexity index is 533. The molecule has 0 aromatic rings. The highest BCUT2D eigenvalue weighted by Crippen LogP contribution is 2.64. The number of rotatable bonds is 4. The summed E-state index contributed by atoms with van der Waals surface area (Å²) in [5.74, 6) is 9.12. The second kappa shape index (κ2) is 8.63. The molecule has 0 aromatic carbocycles. The van der Waals surface area contributed by atoms with Gasteiger partial charge in [0.05, 0.1) is 8.07 Å². The van der Waals surface area contributed by atoms with Crippen LogP contribution in [0.25, 0.3) is 0 Å². The van der Waals surface area contributed by atoms with Gasteiger partial charge in [-0.1, -0.05) is 99.1 Å². The van der Waals surface area contributed by atoms with Crippen molar-refractivity contribution in [1.29, 1.82) is 0 Å². The van der Waals surface area contributed by atoms with E-state index in [1.54, 1.807) is 32.1 Å². The fourth-order valence-corrected chi connectivity index (χ4v) is 16.2. The fourth-order valence-electron chi connectivity index (χ4n) is 10.0. The molecule has 9 unspecified atom stereocenters. The third-order valence-electron chi connectivity index (χ3n) is 12.0. The Morgan fingerprint density at radius 2 is 1.17 bits per heavy atom. The summed E-state index contributed by atoms with van der Waals surface area (Å²) in [7, 11) is -1.29. The molecule has 0 N–H and O–H groups in total. The molecule has 0 aliphatic heterocycles. The maximum Gasteiger partial charge on any atom is 0.0544 e. The molecule has 0 nitrogen and oxygen atoms in total. The first-order valence-electron chi connectivity index (χ1n) is 13.7. The number of hydrogen-bond acceptors (Lipinski definition) is 0. The molecule has 1 heteroatoms. The standard InChI is InChI=1S/C28H52Si/c1-18-19(2)21(4)28(20(18)3)29(6,7)27-17-26(24-15-11-12-16-25(24)27)22(5)23-13-9-8-10-14-23/h18-28H,8-17H2,1-7H3. The average Bonchev–Trinajstić information content (AvgIpc) is 3.21. The summed E-state index contributed by atoms with van der Waals surface area (Å²) in [5, 5.41) is 0. The summed E-state index contributed by atoms with van der Waals surface area (Å²) < 4.78 is 0. The molecular formula is C28H52Si. The normalized spacial score (nSPS) is 47.9. The highest BCUT2D eigenvalue weighted by atomic mass is 28.3. The lowest BCUT2D eigenvalue weighted by Crippen LogP contribution is -2.44. The van der Waals surface area contributed by atoms with E-state index in [4.69, 9.17) is 0 Å². The van der Waals surface area contributed by atoms with Gasteiger partial charge in [0.25, 0.3) is 0 Å². The zero-order valence-corrected chi connectivity index (χ0v) is 21.9. The maximum atomic E-state index is 2.86. The highest BCUT2D eigenvalue weighted by Gasteiger charge is 2.58. The van der Waals surface area contributed by atoms with Crippen molar-refractivity contribution >= 4 is 8.07 Å². The van der Waals surface area contributed by atoms with E-state index in [0.717, 1.165) is 64.3 Å². The van der Waals surface area contributed by atoms with Crippen LogP contribution in [0.1, 0.15) is 98.8 Å². The summed E-state index contributed by atoms with van der Waals surface area (Å²) in [5.41, 5.74) is 2.18.